The van der Waals surface area contributed by atoms with E-state index in [1.54, 1.807) is 12.1 Å². The SMILES string of the molecule is O=C(O)c1ccc2nc(CN3CCC(Nc4nc5ccccc5n4Cc4ccc(F)cc4)CC3)n(O)c(=O)c2c1. The number of imidazole rings is 1. The zero-order valence-electron chi connectivity index (χ0n) is 21.5. The molecule has 1 saturated heterocycles. The lowest BCUT2D eigenvalue weighted by Gasteiger charge is -2.32. The van der Waals surface area contributed by atoms with Gasteiger partial charge < -0.3 is 20.2 Å². The lowest BCUT2D eigenvalue weighted by atomic mass is 10.1. The third-order valence-electron chi connectivity index (χ3n) is 7.35. The Hall–Kier alpha value is -4.77. The summed E-state index contributed by atoms with van der Waals surface area (Å²) in [6.07, 6.45) is 1.62. The summed E-state index contributed by atoms with van der Waals surface area (Å²) in [7, 11) is 0. The Bertz CT molecular complexity index is 1770. The Balaban J connectivity index is 1.16. The van der Waals surface area contributed by atoms with Crippen LogP contribution in [0.5, 0.6) is 0 Å². The molecule has 204 valence electrons. The number of aromatic nitrogens is 4. The van der Waals surface area contributed by atoms with E-state index in [2.05, 4.69) is 19.8 Å². The number of carboxylic acids is 1. The molecule has 1 aliphatic heterocycles. The first-order valence-electron chi connectivity index (χ1n) is 13.0. The van der Waals surface area contributed by atoms with Gasteiger partial charge in [-0.1, -0.05) is 24.3 Å². The number of halogens is 1. The number of hydrogen-bond donors (Lipinski definition) is 3. The highest BCUT2D eigenvalue weighted by atomic mass is 19.1. The topological polar surface area (TPSA) is 126 Å². The van der Waals surface area contributed by atoms with Crippen molar-refractivity contribution in [2.24, 2.45) is 0 Å². The van der Waals surface area contributed by atoms with Crippen LogP contribution in [-0.4, -0.2) is 59.6 Å². The third kappa shape index (κ3) is 4.98. The zero-order chi connectivity index (χ0) is 27.8. The number of fused-ring (bicyclic) bond motifs is 2. The molecule has 2 aromatic heterocycles. The Morgan fingerprint density at radius 1 is 0.975 bits per heavy atom. The van der Waals surface area contributed by atoms with Gasteiger partial charge in [-0.25, -0.2) is 19.2 Å². The fourth-order valence-electron chi connectivity index (χ4n) is 5.19. The maximum Gasteiger partial charge on any atom is 0.335 e. The number of piperidine rings is 1. The smallest absolute Gasteiger partial charge is 0.335 e. The van der Waals surface area contributed by atoms with Crippen molar-refractivity contribution in [3.05, 3.63) is 99.9 Å². The van der Waals surface area contributed by atoms with Gasteiger partial charge in [-0.15, -0.1) is 4.73 Å². The lowest BCUT2D eigenvalue weighted by Crippen LogP contribution is -2.40. The highest BCUT2D eigenvalue weighted by Crippen LogP contribution is 2.24. The van der Waals surface area contributed by atoms with Gasteiger partial charge >= 0.3 is 5.97 Å². The third-order valence-corrected chi connectivity index (χ3v) is 7.35. The fourth-order valence-corrected chi connectivity index (χ4v) is 5.19. The summed E-state index contributed by atoms with van der Waals surface area (Å²) < 4.78 is 16.1. The predicted molar refractivity (Wildman–Crippen MR) is 147 cm³/mol. The van der Waals surface area contributed by atoms with Crippen molar-refractivity contribution in [2.45, 2.75) is 32.0 Å². The molecule has 0 amide bonds. The van der Waals surface area contributed by atoms with Crippen LogP contribution >= 0.6 is 0 Å². The molecule has 0 atom stereocenters. The first-order valence-corrected chi connectivity index (χ1v) is 13.0. The van der Waals surface area contributed by atoms with Crippen molar-refractivity contribution >= 4 is 33.9 Å². The van der Waals surface area contributed by atoms with Crippen molar-refractivity contribution in [2.75, 3.05) is 18.4 Å². The van der Waals surface area contributed by atoms with Crippen LogP contribution in [0.2, 0.25) is 0 Å². The molecule has 40 heavy (non-hydrogen) atoms. The van der Waals surface area contributed by atoms with Crippen LogP contribution in [0.25, 0.3) is 21.9 Å². The van der Waals surface area contributed by atoms with Crippen LogP contribution < -0.4 is 10.9 Å². The standard InChI is InChI=1S/C29H27FN6O4/c30-20-8-5-18(6-9-20)16-35-25-4-2-1-3-24(25)33-29(35)31-21-11-13-34(14-12-21)17-26-32-23-10-7-19(28(38)39)15-22(23)27(37)36(26)40/h1-10,15,21,40H,11-14,16-17H2,(H,31,33)(H,38,39). The number of hydrogen-bond acceptors (Lipinski definition) is 7. The quantitative estimate of drug-likeness (QED) is 0.264. The highest BCUT2D eigenvalue weighted by Gasteiger charge is 2.23. The Morgan fingerprint density at radius 3 is 2.48 bits per heavy atom. The first kappa shape index (κ1) is 25.5. The van der Waals surface area contributed by atoms with E-state index in [9.17, 15) is 24.3 Å². The molecule has 5 aromatic rings. The van der Waals surface area contributed by atoms with E-state index in [1.807, 2.05) is 24.3 Å². The van der Waals surface area contributed by atoms with E-state index >= 15 is 0 Å². The molecule has 1 aliphatic rings. The second kappa shape index (κ2) is 10.4. The molecule has 0 unspecified atom stereocenters. The maximum absolute atomic E-state index is 13.4. The number of aromatic carboxylic acids is 1. The van der Waals surface area contributed by atoms with E-state index in [4.69, 9.17) is 4.98 Å². The summed E-state index contributed by atoms with van der Waals surface area (Å²) >= 11 is 0. The number of para-hydroxylation sites is 2. The van der Waals surface area contributed by atoms with Crippen LogP contribution in [0.3, 0.4) is 0 Å². The minimum atomic E-state index is -1.16. The van der Waals surface area contributed by atoms with Crippen LogP contribution in [-0.2, 0) is 13.1 Å². The van der Waals surface area contributed by atoms with Crippen LogP contribution in [0, 0.1) is 5.82 Å². The van der Waals surface area contributed by atoms with E-state index in [-0.39, 0.29) is 35.2 Å². The highest BCUT2D eigenvalue weighted by molar-refractivity contribution is 5.93. The molecule has 0 radical (unpaired) electrons. The molecule has 0 bridgehead atoms. The molecule has 0 aliphatic carbocycles. The number of anilines is 1. The van der Waals surface area contributed by atoms with E-state index < -0.39 is 11.5 Å². The van der Waals surface area contributed by atoms with Gasteiger partial charge in [0.2, 0.25) is 5.95 Å². The normalized spacial score (nSPS) is 14.6. The molecule has 0 spiro atoms. The molecular weight excluding hydrogens is 515 g/mol. The maximum atomic E-state index is 13.4. The fraction of sp³-hybridized carbons (Fsp3) is 0.241. The number of benzene rings is 3. The second-order valence-electron chi connectivity index (χ2n) is 10.0. The summed E-state index contributed by atoms with van der Waals surface area (Å²) in [5, 5.41) is 23.3. The Morgan fingerprint density at radius 2 is 1.73 bits per heavy atom. The zero-order valence-corrected chi connectivity index (χ0v) is 21.5. The minimum absolute atomic E-state index is 0.0417. The molecule has 10 nitrogen and oxygen atoms in total. The molecule has 6 rings (SSSR count). The Labute approximate surface area is 227 Å². The van der Waals surface area contributed by atoms with Gasteiger partial charge in [0.1, 0.15) is 5.82 Å². The van der Waals surface area contributed by atoms with Crippen molar-refractivity contribution in [3.8, 4) is 0 Å². The van der Waals surface area contributed by atoms with Gasteiger partial charge in [-0.05, 0) is 60.9 Å². The van der Waals surface area contributed by atoms with Gasteiger partial charge in [-0.3, -0.25) is 9.69 Å². The van der Waals surface area contributed by atoms with Crippen molar-refractivity contribution in [1.82, 2.24) is 24.2 Å². The number of rotatable bonds is 7. The number of carboxylic acid groups (broad SMARTS) is 1. The average molecular weight is 543 g/mol. The van der Waals surface area contributed by atoms with E-state index in [0.717, 1.165) is 35.4 Å². The molecule has 11 heteroatoms. The van der Waals surface area contributed by atoms with Crippen LogP contribution in [0.1, 0.15) is 34.6 Å². The second-order valence-corrected chi connectivity index (χ2v) is 10.0. The molecular formula is C29H27FN6O4. The summed E-state index contributed by atoms with van der Waals surface area (Å²) in [5.74, 6) is -0.468. The van der Waals surface area contributed by atoms with Crippen molar-refractivity contribution in [1.29, 1.82) is 0 Å². The summed E-state index contributed by atoms with van der Waals surface area (Å²) in [5.41, 5.74) is 2.44. The van der Waals surface area contributed by atoms with E-state index in [0.29, 0.717) is 29.9 Å². The number of nitrogens with zero attached hydrogens (tertiary/aromatic N) is 5. The van der Waals surface area contributed by atoms with Crippen molar-refractivity contribution < 1.29 is 19.5 Å². The van der Waals surface area contributed by atoms with Gasteiger partial charge in [0.15, 0.2) is 5.82 Å². The number of carbonyl (C=O) groups is 1. The van der Waals surface area contributed by atoms with Gasteiger partial charge in [-0.2, -0.15) is 0 Å². The first-order chi connectivity index (χ1) is 19.4. The number of likely N-dealkylation sites (tertiary alicyclic amines) is 1. The van der Waals surface area contributed by atoms with Gasteiger partial charge in [0.05, 0.1) is 40.6 Å². The largest absolute Gasteiger partial charge is 0.478 e. The van der Waals surface area contributed by atoms with Crippen molar-refractivity contribution in [3.63, 3.8) is 0 Å². The molecule has 1 fully saturated rings. The average Bonchev–Trinajstić information content (AvgIpc) is 3.30. The Kier molecular flexibility index (Phi) is 6.64. The summed E-state index contributed by atoms with van der Waals surface area (Å²) in [6.45, 7) is 2.25. The number of nitrogens with one attached hydrogen (secondary N) is 1. The van der Waals surface area contributed by atoms with Gasteiger partial charge in [0, 0.05) is 19.1 Å². The van der Waals surface area contributed by atoms with Crippen LogP contribution in [0.4, 0.5) is 10.3 Å². The molecule has 3 aromatic carbocycles. The minimum Gasteiger partial charge on any atom is -0.478 e. The summed E-state index contributed by atoms with van der Waals surface area (Å²) in [6, 6.07) is 18.7. The van der Waals surface area contributed by atoms with Gasteiger partial charge in [0.25, 0.3) is 5.56 Å². The molecule has 3 heterocycles. The predicted octanol–water partition coefficient (Wildman–Crippen LogP) is 3.95. The lowest BCUT2D eigenvalue weighted by molar-refractivity contribution is 0.0697. The molecule has 0 saturated carbocycles. The van der Waals surface area contributed by atoms with Crippen LogP contribution in [0.15, 0.2) is 71.5 Å². The van der Waals surface area contributed by atoms with E-state index in [1.165, 1.54) is 30.3 Å². The summed E-state index contributed by atoms with van der Waals surface area (Å²) in [4.78, 5) is 35.3. The monoisotopic (exact) mass is 542 g/mol. The molecule has 3 N–H and O–H groups in total.